The van der Waals surface area contributed by atoms with E-state index in [4.69, 9.17) is 0 Å². The molecule has 0 amide bonds. The average Bonchev–Trinajstić information content (AvgIpc) is 2.74. The van der Waals surface area contributed by atoms with Gasteiger partial charge in [0.15, 0.2) is 0 Å². The van der Waals surface area contributed by atoms with Gasteiger partial charge >= 0.3 is 0 Å². The standard InChI is InChI=1S/C15H22N2/c1-12-6-8-17(9-7-12)11-14-10-13-4-2-3-5-15(13)16-14/h2-5,12,14,16H,6-11H2,1H3/t14-/m0/s1. The molecule has 1 N–H and O–H groups in total. The van der Waals surface area contributed by atoms with Crippen LogP contribution in [0.15, 0.2) is 24.3 Å². The number of piperidine rings is 1. The van der Waals surface area contributed by atoms with Gasteiger partial charge in [0.1, 0.15) is 0 Å². The van der Waals surface area contributed by atoms with Crippen molar-refractivity contribution in [3.05, 3.63) is 29.8 Å². The number of rotatable bonds is 2. The molecular weight excluding hydrogens is 208 g/mol. The zero-order chi connectivity index (χ0) is 11.7. The summed E-state index contributed by atoms with van der Waals surface area (Å²) in [5, 5.41) is 3.65. The normalized spacial score (nSPS) is 25.6. The molecule has 0 radical (unpaired) electrons. The van der Waals surface area contributed by atoms with Gasteiger partial charge in [-0.1, -0.05) is 25.1 Å². The molecule has 2 heterocycles. The lowest BCUT2D eigenvalue weighted by atomic mass is 9.98. The van der Waals surface area contributed by atoms with Crippen molar-refractivity contribution in [3.63, 3.8) is 0 Å². The molecule has 0 aliphatic carbocycles. The highest BCUT2D eigenvalue weighted by molar-refractivity contribution is 5.56. The van der Waals surface area contributed by atoms with Crippen molar-refractivity contribution < 1.29 is 0 Å². The number of hydrogen-bond acceptors (Lipinski definition) is 2. The molecule has 0 bridgehead atoms. The molecule has 1 saturated heterocycles. The molecule has 2 nitrogen and oxygen atoms in total. The molecule has 0 aromatic heterocycles. The van der Waals surface area contributed by atoms with Crippen LogP contribution in [-0.4, -0.2) is 30.6 Å². The maximum absolute atomic E-state index is 3.65. The summed E-state index contributed by atoms with van der Waals surface area (Å²) >= 11 is 0. The van der Waals surface area contributed by atoms with Gasteiger partial charge < -0.3 is 10.2 Å². The smallest absolute Gasteiger partial charge is 0.0429 e. The van der Waals surface area contributed by atoms with E-state index >= 15 is 0 Å². The Balaban J connectivity index is 1.55. The molecular formula is C15H22N2. The van der Waals surface area contributed by atoms with Gasteiger partial charge in [-0.15, -0.1) is 0 Å². The lowest BCUT2D eigenvalue weighted by Gasteiger charge is -2.32. The lowest BCUT2D eigenvalue weighted by molar-refractivity contribution is 0.186. The molecule has 0 spiro atoms. The van der Waals surface area contributed by atoms with E-state index in [0.29, 0.717) is 6.04 Å². The summed E-state index contributed by atoms with van der Waals surface area (Å²) in [5.74, 6) is 0.931. The summed E-state index contributed by atoms with van der Waals surface area (Å²) in [6.45, 7) is 6.16. The van der Waals surface area contributed by atoms with Crippen LogP contribution in [-0.2, 0) is 6.42 Å². The van der Waals surface area contributed by atoms with E-state index in [-0.39, 0.29) is 0 Å². The van der Waals surface area contributed by atoms with Gasteiger partial charge in [-0.25, -0.2) is 0 Å². The minimum atomic E-state index is 0.626. The van der Waals surface area contributed by atoms with Crippen molar-refractivity contribution in [2.75, 3.05) is 25.0 Å². The summed E-state index contributed by atoms with van der Waals surface area (Å²) < 4.78 is 0. The highest BCUT2D eigenvalue weighted by Crippen LogP contribution is 2.26. The van der Waals surface area contributed by atoms with Crippen LogP contribution in [0.1, 0.15) is 25.3 Å². The molecule has 0 saturated carbocycles. The fraction of sp³-hybridized carbons (Fsp3) is 0.600. The molecule has 3 rings (SSSR count). The second kappa shape index (κ2) is 4.69. The van der Waals surface area contributed by atoms with Gasteiger partial charge in [-0.2, -0.15) is 0 Å². The minimum absolute atomic E-state index is 0.626. The Morgan fingerprint density at radius 2 is 2.00 bits per heavy atom. The molecule has 1 fully saturated rings. The van der Waals surface area contributed by atoms with Crippen molar-refractivity contribution in [2.24, 2.45) is 5.92 Å². The summed E-state index contributed by atoms with van der Waals surface area (Å²) in [6, 6.07) is 9.34. The summed E-state index contributed by atoms with van der Waals surface area (Å²) in [5.41, 5.74) is 2.84. The number of nitrogens with zero attached hydrogens (tertiary/aromatic N) is 1. The molecule has 0 unspecified atom stereocenters. The Hall–Kier alpha value is -1.02. The molecule has 1 aromatic carbocycles. The Kier molecular flexibility index (Phi) is 3.06. The van der Waals surface area contributed by atoms with Crippen LogP contribution >= 0.6 is 0 Å². The van der Waals surface area contributed by atoms with Gasteiger partial charge in [0, 0.05) is 18.3 Å². The molecule has 92 valence electrons. The van der Waals surface area contributed by atoms with Gasteiger partial charge in [-0.3, -0.25) is 0 Å². The minimum Gasteiger partial charge on any atom is -0.380 e. The van der Waals surface area contributed by atoms with Crippen molar-refractivity contribution in [1.29, 1.82) is 0 Å². The largest absolute Gasteiger partial charge is 0.380 e. The van der Waals surface area contributed by atoms with Crippen molar-refractivity contribution >= 4 is 5.69 Å². The maximum atomic E-state index is 3.65. The van der Waals surface area contributed by atoms with Crippen molar-refractivity contribution in [2.45, 2.75) is 32.2 Å². The number of fused-ring (bicyclic) bond motifs is 1. The Labute approximate surface area is 104 Å². The molecule has 2 aliphatic rings. The Morgan fingerprint density at radius 3 is 2.76 bits per heavy atom. The monoisotopic (exact) mass is 230 g/mol. The van der Waals surface area contributed by atoms with Crippen LogP contribution < -0.4 is 5.32 Å². The molecule has 1 atom stereocenters. The van der Waals surface area contributed by atoms with Crippen molar-refractivity contribution in [3.8, 4) is 0 Å². The third-order valence-corrected chi connectivity index (χ3v) is 4.20. The van der Waals surface area contributed by atoms with Crippen LogP contribution in [0.5, 0.6) is 0 Å². The fourth-order valence-corrected chi connectivity index (χ4v) is 3.04. The van der Waals surface area contributed by atoms with Crippen LogP contribution in [0.2, 0.25) is 0 Å². The van der Waals surface area contributed by atoms with Gasteiger partial charge in [0.2, 0.25) is 0 Å². The maximum Gasteiger partial charge on any atom is 0.0429 e. The van der Waals surface area contributed by atoms with E-state index in [1.165, 1.54) is 50.1 Å². The summed E-state index contributed by atoms with van der Waals surface area (Å²) in [4.78, 5) is 2.63. The van der Waals surface area contributed by atoms with E-state index in [2.05, 4.69) is 41.4 Å². The van der Waals surface area contributed by atoms with E-state index in [1.54, 1.807) is 0 Å². The summed E-state index contributed by atoms with van der Waals surface area (Å²) in [6.07, 6.45) is 3.95. The second-order valence-corrected chi connectivity index (χ2v) is 5.69. The van der Waals surface area contributed by atoms with E-state index in [9.17, 15) is 0 Å². The summed E-state index contributed by atoms with van der Waals surface area (Å²) in [7, 11) is 0. The number of benzene rings is 1. The first kappa shape index (κ1) is 11.1. The third kappa shape index (κ3) is 2.47. The lowest BCUT2D eigenvalue weighted by Crippen LogP contribution is -2.40. The van der Waals surface area contributed by atoms with Gasteiger partial charge in [0.05, 0.1) is 0 Å². The number of nitrogens with one attached hydrogen (secondary N) is 1. The highest BCUT2D eigenvalue weighted by atomic mass is 15.2. The molecule has 2 aliphatic heterocycles. The SMILES string of the molecule is CC1CCN(C[C@@H]2Cc3ccccc3N2)CC1. The fourth-order valence-electron chi connectivity index (χ4n) is 3.04. The van der Waals surface area contributed by atoms with Gasteiger partial charge in [-0.05, 0) is 49.9 Å². The predicted molar refractivity (Wildman–Crippen MR) is 72.4 cm³/mol. The van der Waals surface area contributed by atoms with Crippen LogP contribution in [0.4, 0.5) is 5.69 Å². The number of anilines is 1. The topological polar surface area (TPSA) is 15.3 Å². The first-order valence-corrected chi connectivity index (χ1v) is 6.88. The van der Waals surface area contributed by atoms with E-state index in [1.807, 2.05) is 0 Å². The van der Waals surface area contributed by atoms with Crippen LogP contribution in [0.3, 0.4) is 0 Å². The van der Waals surface area contributed by atoms with E-state index in [0.717, 1.165) is 5.92 Å². The first-order chi connectivity index (χ1) is 8.31. The Morgan fingerprint density at radius 1 is 1.24 bits per heavy atom. The molecule has 1 aromatic rings. The third-order valence-electron chi connectivity index (χ3n) is 4.20. The van der Waals surface area contributed by atoms with Crippen LogP contribution in [0, 0.1) is 5.92 Å². The van der Waals surface area contributed by atoms with Crippen molar-refractivity contribution in [1.82, 2.24) is 4.90 Å². The quantitative estimate of drug-likeness (QED) is 0.840. The predicted octanol–water partition coefficient (Wildman–Crippen LogP) is 2.76. The zero-order valence-electron chi connectivity index (χ0n) is 10.7. The van der Waals surface area contributed by atoms with Gasteiger partial charge in [0.25, 0.3) is 0 Å². The number of para-hydroxylation sites is 1. The first-order valence-electron chi connectivity index (χ1n) is 6.88. The average molecular weight is 230 g/mol. The second-order valence-electron chi connectivity index (χ2n) is 5.69. The molecule has 2 heteroatoms. The number of hydrogen-bond donors (Lipinski definition) is 1. The highest BCUT2D eigenvalue weighted by Gasteiger charge is 2.24. The Bertz CT molecular complexity index is 355. The number of likely N-dealkylation sites (tertiary alicyclic amines) is 1. The van der Waals surface area contributed by atoms with E-state index < -0.39 is 0 Å². The molecule has 17 heavy (non-hydrogen) atoms. The van der Waals surface area contributed by atoms with Crippen LogP contribution in [0.25, 0.3) is 0 Å². The zero-order valence-corrected chi connectivity index (χ0v) is 10.7.